The topological polar surface area (TPSA) is 63.6 Å². The van der Waals surface area contributed by atoms with Crippen LogP contribution in [0.2, 0.25) is 0 Å². The fourth-order valence-corrected chi connectivity index (χ4v) is 2.75. The highest BCUT2D eigenvalue weighted by Gasteiger charge is 2.22. The van der Waals surface area contributed by atoms with Crippen LogP contribution in [0.1, 0.15) is 5.56 Å². The fraction of sp³-hybridized carbons (Fsp3) is 0.0500. The Bertz CT molecular complexity index is 1050. The Hall–Kier alpha value is -3.27. The molecule has 0 saturated heterocycles. The van der Waals surface area contributed by atoms with Crippen molar-refractivity contribution in [2.24, 2.45) is 0 Å². The van der Waals surface area contributed by atoms with Crippen LogP contribution in [-0.2, 0) is 0 Å². The second kappa shape index (κ2) is 5.42. The maximum atomic E-state index is 12.1. The monoisotopic (exact) mass is 318 g/mol. The van der Waals surface area contributed by atoms with Gasteiger partial charge in [0.25, 0.3) is 0 Å². The molecule has 0 aliphatic carbocycles. The van der Waals surface area contributed by atoms with E-state index in [1.165, 1.54) is 6.92 Å². The summed E-state index contributed by atoms with van der Waals surface area (Å²) < 4.78 is 11.3. The number of aromatic hydroxyl groups is 1. The van der Waals surface area contributed by atoms with Gasteiger partial charge in [0, 0.05) is 5.39 Å². The number of benzene rings is 2. The molecule has 0 unspecified atom stereocenters. The van der Waals surface area contributed by atoms with E-state index >= 15 is 0 Å². The van der Waals surface area contributed by atoms with E-state index in [4.69, 9.17) is 8.83 Å². The van der Waals surface area contributed by atoms with E-state index in [2.05, 4.69) is 0 Å². The van der Waals surface area contributed by atoms with Gasteiger partial charge in [0.2, 0.25) is 0 Å². The molecule has 4 aromatic rings. The molecule has 2 aromatic carbocycles. The molecule has 0 radical (unpaired) electrons. The molecule has 2 heterocycles. The number of rotatable bonds is 2. The highest BCUT2D eigenvalue weighted by atomic mass is 16.4. The Balaban J connectivity index is 2.06. The molecule has 118 valence electrons. The minimum atomic E-state index is -0.581. The standard InChI is InChI=1S/C20H14O4/c1-12-18(21)17(13-7-3-2-4-8-13)19(24-20(12)22)16-11-14-9-5-6-10-15(14)23-16/h2-11,21H,1H3. The second-order valence-electron chi connectivity index (χ2n) is 5.58. The average molecular weight is 318 g/mol. The molecular weight excluding hydrogens is 304 g/mol. The molecule has 0 aliphatic rings. The first-order valence-corrected chi connectivity index (χ1v) is 7.56. The van der Waals surface area contributed by atoms with E-state index in [9.17, 15) is 9.90 Å². The predicted octanol–water partition coefficient (Wildman–Crippen LogP) is 4.73. The molecule has 0 amide bonds. The Labute approximate surface area is 137 Å². The summed E-state index contributed by atoms with van der Waals surface area (Å²) in [6, 6.07) is 18.6. The van der Waals surface area contributed by atoms with Gasteiger partial charge in [-0.1, -0.05) is 48.5 Å². The first-order chi connectivity index (χ1) is 11.6. The van der Waals surface area contributed by atoms with Crippen LogP contribution in [0.3, 0.4) is 0 Å². The largest absolute Gasteiger partial charge is 0.507 e. The fourth-order valence-electron chi connectivity index (χ4n) is 2.75. The van der Waals surface area contributed by atoms with Crippen LogP contribution >= 0.6 is 0 Å². The van der Waals surface area contributed by atoms with E-state index in [1.54, 1.807) is 6.07 Å². The van der Waals surface area contributed by atoms with E-state index in [1.807, 2.05) is 54.6 Å². The van der Waals surface area contributed by atoms with Crippen molar-refractivity contribution in [3.05, 3.63) is 76.6 Å². The minimum absolute atomic E-state index is 0.0899. The van der Waals surface area contributed by atoms with Gasteiger partial charge in [-0.25, -0.2) is 4.79 Å². The SMILES string of the molecule is Cc1c(O)c(-c2ccccc2)c(-c2cc3ccccc3o2)oc1=O. The van der Waals surface area contributed by atoms with Crippen molar-refractivity contribution in [1.82, 2.24) is 0 Å². The van der Waals surface area contributed by atoms with Gasteiger partial charge < -0.3 is 13.9 Å². The zero-order chi connectivity index (χ0) is 16.7. The number of para-hydroxylation sites is 1. The van der Waals surface area contributed by atoms with Crippen molar-refractivity contribution in [3.63, 3.8) is 0 Å². The Kier molecular flexibility index (Phi) is 3.24. The van der Waals surface area contributed by atoms with Crippen molar-refractivity contribution >= 4 is 11.0 Å². The molecule has 0 saturated carbocycles. The molecule has 0 aliphatic heterocycles. The maximum Gasteiger partial charge on any atom is 0.343 e. The third-order valence-corrected chi connectivity index (χ3v) is 4.03. The van der Waals surface area contributed by atoms with Gasteiger partial charge in [0.05, 0.1) is 11.1 Å². The van der Waals surface area contributed by atoms with Crippen LogP contribution in [0.25, 0.3) is 33.6 Å². The maximum absolute atomic E-state index is 12.1. The molecule has 0 bridgehead atoms. The highest BCUT2D eigenvalue weighted by Crippen LogP contribution is 2.40. The van der Waals surface area contributed by atoms with Crippen LogP contribution in [0.4, 0.5) is 0 Å². The van der Waals surface area contributed by atoms with E-state index in [0.29, 0.717) is 16.9 Å². The van der Waals surface area contributed by atoms with Gasteiger partial charge in [-0.15, -0.1) is 0 Å². The molecule has 0 atom stereocenters. The van der Waals surface area contributed by atoms with Crippen molar-refractivity contribution in [2.75, 3.05) is 0 Å². The first-order valence-electron chi connectivity index (χ1n) is 7.56. The number of fused-ring (bicyclic) bond motifs is 1. The molecule has 0 spiro atoms. The molecule has 4 rings (SSSR count). The molecule has 2 aromatic heterocycles. The third-order valence-electron chi connectivity index (χ3n) is 4.03. The van der Waals surface area contributed by atoms with Crippen LogP contribution < -0.4 is 5.63 Å². The van der Waals surface area contributed by atoms with E-state index in [-0.39, 0.29) is 17.1 Å². The van der Waals surface area contributed by atoms with Crippen LogP contribution in [-0.4, -0.2) is 5.11 Å². The van der Waals surface area contributed by atoms with Crippen molar-refractivity contribution in [2.45, 2.75) is 6.92 Å². The molecule has 24 heavy (non-hydrogen) atoms. The zero-order valence-electron chi connectivity index (χ0n) is 12.9. The summed E-state index contributed by atoms with van der Waals surface area (Å²) in [5.41, 5.74) is 1.48. The number of furan rings is 1. The molecule has 4 heteroatoms. The van der Waals surface area contributed by atoms with Crippen LogP contribution in [0.5, 0.6) is 5.75 Å². The lowest BCUT2D eigenvalue weighted by molar-refractivity contribution is 0.443. The molecule has 1 N–H and O–H groups in total. The summed E-state index contributed by atoms with van der Waals surface area (Å²) in [4.78, 5) is 12.1. The zero-order valence-corrected chi connectivity index (χ0v) is 12.9. The second-order valence-corrected chi connectivity index (χ2v) is 5.58. The van der Waals surface area contributed by atoms with Gasteiger partial charge in [-0.05, 0) is 24.6 Å². The van der Waals surface area contributed by atoms with Gasteiger partial charge in [0.1, 0.15) is 11.3 Å². The minimum Gasteiger partial charge on any atom is -0.507 e. The Morgan fingerprint density at radius 2 is 1.62 bits per heavy atom. The number of hydrogen-bond acceptors (Lipinski definition) is 4. The normalized spacial score (nSPS) is 11.0. The summed E-state index contributed by atoms with van der Waals surface area (Å²) >= 11 is 0. The molecule has 4 nitrogen and oxygen atoms in total. The third kappa shape index (κ3) is 2.20. The lowest BCUT2D eigenvalue weighted by Gasteiger charge is -2.10. The van der Waals surface area contributed by atoms with Crippen LogP contribution in [0, 0.1) is 6.92 Å². The highest BCUT2D eigenvalue weighted by molar-refractivity contribution is 5.88. The Morgan fingerprint density at radius 3 is 2.38 bits per heavy atom. The first kappa shape index (κ1) is 14.3. The summed E-state index contributed by atoms with van der Waals surface area (Å²) in [6.45, 7) is 1.54. The van der Waals surface area contributed by atoms with Crippen molar-refractivity contribution in [3.8, 4) is 28.4 Å². The van der Waals surface area contributed by atoms with Crippen molar-refractivity contribution < 1.29 is 13.9 Å². The quantitative estimate of drug-likeness (QED) is 0.580. The van der Waals surface area contributed by atoms with Gasteiger partial charge in [-0.3, -0.25) is 0 Å². The van der Waals surface area contributed by atoms with Crippen LogP contribution in [0.15, 0.2) is 74.3 Å². The van der Waals surface area contributed by atoms with E-state index in [0.717, 1.165) is 10.9 Å². The predicted molar refractivity (Wildman–Crippen MR) is 92.0 cm³/mol. The van der Waals surface area contributed by atoms with Gasteiger partial charge in [0.15, 0.2) is 11.5 Å². The smallest absolute Gasteiger partial charge is 0.343 e. The lowest BCUT2D eigenvalue weighted by atomic mass is 10.0. The molecular formula is C20H14O4. The summed E-state index contributed by atoms with van der Waals surface area (Å²) in [5.74, 6) is 0.542. The summed E-state index contributed by atoms with van der Waals surface area (Å²) in [7, 11) is 0. The summed E-state index contributed by atoms with van der Waals surface area (Å²) in [5, 5.41) is 11.4. The molecule has 0 fully saturated rings. The Morgan fingerprint density at radius 1 is 0.917 bits per heavy atom. The summed E-state index contributed by atoms with van der Waals surface area (Å²) in [6.07, 6.45) is 0. The lowest BCUT2D eigenvalue weighted by Crippen LogP contribution is -2.05. The van der Waals surface area contributed by atoms with E-state index < -0.39 is 5.63 Å². The van der Waals surface area contributed by atoms with Gasteiger partial charge in [-0.2, -0.15) is 0 Å². The number of hydrogen-bond donors (Lipinski definition) is 1. The average Bonchev–Trinajstić information content (AvgIpc) is 3.04. The van der Waals surface area contributed by atoms with Crippen molar-refractivity contribution in [1.29, 1.82) is 0 Å². The van der Waals surface area contributed by atoms with Gasteiger partial charge >= 0.3 is 5.63 Å².